The van der Waals surface area contributed by atoms with E-state index < -0.39 is 16.4 Å². The van der Waals surface area contributed by atoms with Gasteiger partial charge in [-0.2, -0.15) is 0 Å². The van der Waals surface area contributed by atoms with Gasteiger partial charge in [0.05, 0.1) is 22.1 Å². The maximum absolute atomic E-state index is 13.0. The van der Waals surface area contributed by atoms with Crippen LogP contribution in [0.15, 0.2) is 16.6 Å². The third-order valence-corrected chi connectivity index (χ3v) is 2.69. The van der Waals surface area contributed by atoms with Crippen molar-refractivity contribution in [1.29, 1.82) is 0 Å². The van der Waals surface area contributed by atoms with Gasteiger partial charge >= 0.3 is 5.69 Å². The molecular weight excluding hydrogens is 309 g/mol. The minimum absolute atomic E-state index is 0.0197. The number of ketones is 1. The van der Waals surface area contributed by atoms with E-state index in [0.717, 1.165) is 12.1 Å². The number of Topliss-reactive ketones (excluding diaryl/α,β-unsaturated/α-hetero) is 1. The van der Waals surface area contributed by atoms with E-state index in [1.54, 1.807) is 0 Å². The van der Waals surface area contributed by atoms with Crippen molar-refractivity contribution in [2.75, 3.05) is 6.61 Å². The molecule has 7 heteroatoms. The Bertz CT molecular complexity index is 478. The Hall–Kier alpha value is -1.50. The average molecular weight is 320 g/mol. The normalized spacial score (nSPS) is 10.2. The van der Waals surface area contributed by atoms with Gasteiger partial charge in [-0.15, -0.1) is 0 Å². The molecule has 0 aliphatic heterocycles. The Morgan fingerprint density at radius 3 is 2.78 bits per heavy atom. The first-order valence-corrected chi connectivity index (χ1v) is 5.96. The lowest BCUT2D eigenvalue weighted by atomic mass is 10.2. The number of hydrogen-bond acceptors (Lipinski definition) is 4. The molecule has 0 atom stereocenters. The highest BCUT2D eigenvalue weighted by atomic mass is 79.9. The number of nitro groups is 1. The number of ether oxygens (including phenoxy) is 1. The number of nitro benzene ring substituents is 1. The van der Waals surface area contributed by atoms with Crippen LogP contribution in [0.4, 0.5) is 10.1 Å². The Labute approximate surface area is 111 Å². The van der Waals surface area contributed by atoms with Crippen molar-refractivity contribution in [2.45, 2.75) is 19.8 Å². The first-order chi connectivity index (χ1) is 8.41. The highest BCUT2D eigenvalue weighted by Crippen LogP contribution is 2.36. The molecule has 0 spiro atoms. The standard InChI is InChI=1S/C11H11BrFNO4/c1-7(15)3-2-4-18-11-9(12)5-8(13)6-10(11)14(16)17/h5-6H,2-4H2,1H3. The van der Waals surface area contributed by atoms with Gasteiger partial charge in [-0.05, 0) is 35.3 Å². The zero-order valence-electron chi connectivity index (χ0n) is 9.61. The predicted molar refractivity (Wildman–Crippen MR) is 66.2 cm³/mol. The van der Waals surface area contributed by atoms with E-state index in [-0.39, 0.29) is 22.6 Å². The lowest BCUT2D eigenvalue weighted by molar-refractivity contribution is -0.386. The van der Waals surface area contributed by atoms with Crippen molar-refractivity contribution in [3.05, 3.63) is 32.5 Å². The Morgan fingerprint density at radius 2 is 2.22 bits per heavy atom. The molecule has 0 fully saturated rings. The molecule has 0 saturated heterocycles. The molecule has 1 aromatic rings. The summed E-state index contributed by atoms with van der Waals surface area (Å²) in [6, 6.07) is 1.89. The van der Waals surface area contributed by atoms with E-state index >= 15 is 0 Å². The van der Waals surface area contributed by atoms with Crippen molar-refractivity contribution < 1.29 is 18.8 Å². The van der Waals surface area contributed by atoms with Gasteiger partial charge in [0.25, 0.3) is 0 Å². The number of benzene rings is 1. The summed E-state index contributed by atoms with van der Waals surface area (Å²) in [6.07, 6.45) is 0.795. The van der Waals surface area contributed by atoms with Crippen LogP contribution in [0.25, 0.3) is 0 Å². The van der Waals surface area contributed by atoms with Crippen LogP contribution in [-0.4, -0.2) is 17.3 Å². The van der Waals surface area contributed by atoms with Crippen LogP contribution in [0.5, 0.6) is 5.75 Å². The molecule has 18 heavy (non-hydrogen) atoms. The highest BCUT2D eigenvalue weighted by molar-refractivity contribution is 9.10. The van der Waals surface area contributed by atoms with E-state index in [0.29, 0.717) is 12.8 Å². The van der Waals surface area contributed by atoms with Crippen molar-refractivity contribution in [2.24, 2.45) is 0 Å². The van der Waals surface area contributed by atoms with E-state index in [4.69, 9.17) is 4.74 Å². The molecule has 0 aliphatic carbocycles. The molecule has 0 saturated carbocycles. The molecule has 0 unspecified atom stereocenters. The van der Waals surface area contributed by atoms with Crippen LogP contribution in [0.1, 0.15) is 19.8 Å². The fourth-order valence-electron chi connectivity index (χ4n) is 1.32. The van der Waals surface area contributed by atoms with Gasteiger partial charge in [0.2, 0.25) is 5.75 Å². The van der Waals surface area contributed by atoms with Crippen LogP contribution < -0.4 is 4.74 Å². The van der Waals surface area contributed by atoms with E-state index in [1.165, 1.54) is 6.92 Å². The summed E-state index contributed by atoms with van der Waals surface area (Å²) < 4.78 is 18.4. The van der Waals surface area contributed by atoms with Crippen LogP contribution in [-0.2, 0) is 4.79 Å². The first-order valence-electron chi connectivity index (χ1n) is 5.17. The van der Waals surface area contributed by atoms with Crippen molar-refractivity contribution >= 4 is 27.4 Å². The molecular formula is C11H11BrFNO4. The molecule has 1 aromatic carbocycles. The minimum atomic E-state index is -0.718. The van der Waals surface area contributed by atoms with Crippen molar-refractivity contribution in [3.8, 4) is 5.75 Å². The van der Waals surface area contributed by atoms with Gasteiger partial charge in [0.15, 0.2) is 0 Å². The van der Waals surface area contributed by atoms with Crippen LogP contribution in [0.2, 0.25) is 0 Å². The molecule has 0 bridgehead atoms. The van der Waals surface area contributed by atoms with Crippen molar-refractivity contribution in [1.82, 2.24) is 0 Å². The molecule has 5 nitrogen and oxygen atoms in total. The summed E-state index contributed by atoms with van der Waals surface area (Å²) in [4.78, 5) is 20.8. The number of hydrogen-bond donors (Lipinski definition) is 0. The summed E-state index contributed by atoms with van der Waals surface area (Å²) in [6.45, 7) is 1.61. The van der Waals surface area contributed by atoms with Crippen LogP contribution >= 0.6 is 15.9 Å². The van der Waals surface area contributed by atoms with Crippen LogP contribution in [0, 0.1) is 15.9 Å². The second kappa shape index (κ2) is 6.44. The fourth-order valence-corrected chi connectivity index (χ4v) is 1.86. The number of rotatable bonds is 6. The fraction of sp³-hybridized carbons (Fsp3) is 0.364. The number of carbonyl (C=O) groups excluding carboxylic acids is 1. The lowest BCUT2D eigenvalue weighted by Gasteiger charge is -2.08. The Kier molecular flexibility index (Phi) is 5.21. The first kappa shape index (κ1) is 14.6. The lowest BCUT2D eigenvalue weighted by Crippen LogP contribution is -2.03. The summed E-state index contributed by atoms with van der Waals surface area (Å²) >= 11 is 3.01. The maximum atomic E-state index is 13.0. The van der Waals surface area contributed by atoms with E-state index in [2.05, 4.69) is 15.9 Å². The number of carbonyl (C=O) groups is 1. The van der Waals surface area contributed by atoms with Gasteiger partial charge in [0, 0.05) is 6.42 Å². The van der Waals surface area contributed by atoms with Gasteiger partial charge in [-0.25, -0.2) is 4.39 Å². The summed E-state index contributed by atoms with van der Waals surface area (Å²) in [5.41, 5.74) is -0.440. The largest absolute Gasteiger partial charge is 0.486 e. The minimum Gasteiger partial charge on any atom is -0.486 e. The SMILES string of the molecule is CC(=O)CCCOc1c(Br)cc(F)cc1[N+](=O)[O-]. The maximum Gasteiger partial charge on any atom is 0.315 e. The second-order valence-corrected chi connectivity index (χ2v) is 4.50. The molecule has 0 aliphatic rings. The Balaban J connectivity index is 2.80. The quantitative estimate of drug-likeness (QED) is 0.458. The highest BCUT2D eigenvalue weighted by Gasteiger charge is 2.20. The van der Waals surface area contributed by atoms with Gasteiger partial charge in [0.1, 0.15) is 11.6 Å². The second-order valence-electron chi connectivity index (χ2n) is 3.65. The number of halogens is 2. The molecule has 0 aromatic heterocycles. The zero-order valence-corrected chi connectivity index (χ0v) is 11.2. The zero-order chi connectivity index (χ0) is 13.7. The number of nitrogens with zero attached hydrogens (tertiary/aromatic N) is 1. The van der Waals surface area contributed by atoms with E-state index in [1.807, 2.05) is 0 Å². The third-order valence-electron chi connectivity index (χ3n) is 2.11. The molecule has 0 heterocycles. The van der Waals surface area contributed by atoms with Crippen molar-refractivity contribution in [3.63, 3.8) is 0 Å². The third kappa shape index (κ3) is 4.06. The van der Waals surface area contributed by atoms with Gasteiger partial charge in [-0.3, -0.25) is 10.1 Å². The average Bonchev–Trinajstić information content (AvgIpc) is 2.25. The molecule has 1 rings (SSSR count). The Morgan fingerprint density at radius 1 is 1.56 bits per heavy atom. The van der Waals surface area contributed by atoms with E-state index in [9.17, 15) is 19.3 Å². The smallest absolute Gasteiger partial charge is 0.315 e. The monoisotopic (exact) mass is 319 g/mol. The van der Waals surface area contributed by atoms with Gasteiger partial charge < -0.3 is 9.53 Å². The topological polar surface area (TPSA) is 69.4 Å². The molecule has 98 valence electrons. The van der Waals surface area contributed by atoms with Gasteiger partial charge in [-0.1, -0.05) is 0 Å². The molecule has 0 N–H and O–H groups in total. The summed E-state index contributed by atoms with van der Waals surface area (Å²) in [5.74, 6) is -0.721. The predicted octanol–water partition coefficient (Wildman–Crippen LogP) is 3.24. The summed E-state index contributed by atoms with van der Waals surface area (Å²) in [7, 11) is 0. The van der Waals surface area contributed by atoms with Crippen LogP contribution in [0.3, 0.4) is 0 Å². The summed E-state index contributed by atoms with van der Waals surface area (Å²) in [5, 5.41) is 10.8. The molecule has 0 amide bonds. The molecule has 0 radical (unpaired) electrons.